The van der Waals surface area contributed by atoms with E-state index in [2.05, 4.69) is 20.5 Å². The standard InChI is InChI=1S/C15H24N4O2S/c1-15(2,12-9-22-13(16-3)17-12)18-14(20)21-11-8-19-6-4-10(11)5-7-19/h9-11H,4-8H2,1-3H3,(H,16,17)(H,18,20)/t11-/m1/s1. The SMILES string of the molecule is CNc1nc(C(C)(C)NC(=O)O[C@@H]2CN3CCC2CC3)cs1. The Morgan fingerprint density at radius 2 is 2.18 bits per heavy atom. The number of carbonyl (C=O) groups excluding carboxylic acids is 1. The van der Waals surface area contributed by atoms with Gasteiger partial charge in [-0.3, -0.25) is 4.90 Å². The molecule has 0 radical (unpaired) electrons. The number of ether oxygens (including phenoxy) is 1. The van der Waals surface area contributed by atoms with E-state index in [4.69, 9.17) is 4.74 Å². The first kappa shape index (κ1) is 15.6. The van der Waals surface area contributed by atoms with Crippen LogP contribution >= 0.6 is 11.3 Å². The fourth-order valence-electron chi connectivity index (χ4n) is 3.21. The van der Waals surface area contributed by atoms with Crippen LogP contribution in [0.2, 0.25) is 0 Å². The Morgan fingerprint density at radius 1 is 1.45 bits per heavy atom. The summed E-state index contributed by atoms with van der Waals surface area (Å²) in [6, 6.07) is 0. The zero-order valence-electron chi connectivity index (χ0n) is 13.4. The minimum atomic E-state index is -0.545. The lowest BCUT2D eigenvalue weighted by molar-refractivity contribution is -0.0350. The molecule has 2 N–H and O–H groups in total. The molecule has 2 bridgehead atoms. The molecule has 7 heteroatoms. The number of nitrogens with zero attached hydrogens (tertiary/aromatic N) is 2. The van der Waals surface area contributed by atoms with Crippen molar-refractivity contribution in [1.29, 1.82) is 0 Å². The maximum absolute atomic E-state index is 12.3. The number of piperidine rings is 3. The van der Waals surface area contributed by atoms with Gasteiger partial charge in [-0.05, 0) is 45.7 Å². The molecule has 0 aromatic carbocycles. The molecule has 4 rings (SSSR count). The Hall–Kier alpha value is -1.34. The fraction of sp³-hybridized carbons (Fsp3) is 0.733. The van der Waals surface area contributed by atoms with Gasteiger partial charge in [-0.2, -0.15) is 0 Å². The van der Waals surface area contributed by atoms with Gasteiger partial charge in [-0.1, -0.05) is 0 Å². The predicted molar refractivity (Wildman–Crippen MR) is 87.3 cm³/mol. The van der Waals surface area contributed by atoms with Crippen molar-refractivity contribution in [2.24, 2.45) is 5.92 Å². The summed E-state index contributed by atoms with van der Waals surface area (Å²) in [6.07, 6.45) is 1.96. The number of hydrogen-bond donors (Lipinski definition) is 2. The summed E-state index contributed by atoms with van der Waals surface area (Å²) in [5, 5.41) is 8.77. The molecule has 6 nitrogen and oxygen atoms in total. The van der Waals surface area contributed by atoms with Gasteiger partial charge in [0.25, 0.3) is 0 Å². The molecule has 0 unspecified atom stereocenters. The van der Waals surface area contributed by atoms with Crippen LogP contribution in [-0.4, -0.2) is 48.8 Å². The lowest BCUT2D eigenvalue weighted by Crippen LogP contribution is -2.53. The number of anilines is 1. The van der Waals surface area contributed by atoms with Crippen LogP contribution in [0.1, 0.15) is 32.4 Å². The molecule has 3 aliphatic heterocycles. The smallest absolute Gasteiger partial charge is 0.408 e. The highest BCUT2D eigenvalue weighted by molar-refractivity contribution is 7.13. The second-order valence-corrected chi connectivity index (χ2v) is 7.48. The minimum Gasteiger partial charge on any atom is -0.445 e. The van der Waals surface area contributed by atoms with Gasteiger partial charge in [-0.15, -0.1) is 11.3 Å². The zero-order valence-corrected chi connectivity index (χ0v) is 14.2. The van der Waals surface area contributed by atoms with Crippen LogP contribution in [-0.2, 0) is 10.3 Å². The Kier molecular flexibility index (Phi) is 4.27. The van der Waals surface area contributed by atoms with Crippen LogP contribution in [0.15, 0.2) is 5.38 Å². The van der Waals surface area contributed by atoms with Gasteiger partial charge in [0.15, 0.2) is 5.13 Å². The highest BCUT2D eigenvalue weighted by Crippen LogP contribution is 2.30. The van der Waals surface area contributed by atoms with Gasteiger partial charge in [0.05, 0.1) is 11.2 Å². The van der Waals surface area contributed by atoms with Crippen LogP contribution in [0.4, 0.5) is 9.93 Å². The van der Waals surface area contributed by atoms with Crippen molar-refractivity contribution >= 4 is 22.6 Å². The zero-order chi connectivity index (χ0) is 15.7. The molecule has 0 saturated carbocycles. The third kappa shape index (κ3) is 3.20. The van der Waals surface area contributed by atoms with Crippen molar-refractivity contribution in [2.45, 2.75) is 38.3 Å². The van der Waals surface area contributed by atoms with Gasteiger partial charge in [0.2, 0.25) is 0 Å². The second kappa shape index (κ2) is 6.04. The highest BCUT2D eigenvalue weighted by atomic mass is 32.1. The number of hydrogen-bond acceptors (Lipinski definition) is 6. The summed E-state index contributed by atoms with van der Waals surface area (Å²) in [4.78, 5) is 19.1. The maximum Gasteiger partial charge on any atom is 0.408 e. The van der Waals surface area contributed by atoms with Crippen molar-refractivity contribution in [2.75, 3.05) is 32.0 Å². The number of aromatic nitrogens is 1. The van der Waals surface area contributed by atoms with E-state index in [0.29, 0.717) is 5.92 Å². The van der Waals surface area contributed by atoms with Crippen molar-refractivity contribution in [3.63, 3.8) is 0 Å². The van der Waals surface area contributed by atoms with Crippen LogP contribution in [0, 0.1) is 5.92 Å². The first-order chi connectivity index (χ1) is 10.5. The Bertz CT molecular complexity index is 537. The number of nitrogens with one attached hydrogen (secondary N) is 2. The molecule has 22 heavy (non-hydrogen) atoms. The molecule has 1 aromatic heterocycles. The van der Waals surface area contributed by atoms with Crippen molar-refractivity contribution in [1.82, 2.24) is 15.2 Å². The van der Waals surface area contributed by atoms with Crippen LogP contribution in [0.5, 0.6) is 0 Å². The van der Waals surface area contributed by atoms with E-state index in [1.807, 2.05) is 26.3 Å². The molecule has 3 aliphatic rings. The quantitative estimate of drug-likeness (QED) is 0.889. The second-order valence-electron chi connectivity index (χ2n) is 6.62. The third-order valence-electron chi connectivity index (χ3n) is 4.63. The first-order valence-electron chi connectivity index (χ1n) is 7.83. The predicted octanol–water partition coefficient (Wildman–Crippen LogP) is 2.24. The summed E-state index contributed by atoms with van der Waals surface area (Å²) < 4.78 is 5.68. The van der Waals surface area contributed by atoms with Gasteiger partial charge < -0.3 is 15.4 Å². The topological polar surface area (TPSA) is 66.5 Å². The van der Waals surface area contributed by atoms with E-state index < -0.39 is 5.54 Å². The molecule has 1 amide bonds. The Balaban J connectivity index is 1.58. The number of carbonyl (C=O) groups is 1. The largest absolute Gasteiger partial charge is 0.445 e. The number of thiazole rings is 1. The molecule has 3 fully saturated rings. The summed E-state index contributed by atoms with van der Waals surface area (Å²) in [5.41, 5.74) is 0.295. The van der Waals surface area contributed by atoms with Crippen molar-refractivity contribution < 1.29 is 9.53 Å². The number of amides is 1. The van der Waals surface area contributed by atoms with E-state index in [1.165, 1.54) is 11.3 Å². The summed E-state index contributed by atoms with van der Waals surface area (Å²) in [6.45, 7) is 7.05. The average molecular weight is 324 g/mol. The van der Waals surface area contributed by atoms with Crippen molar-refractivity contribution in [3.05, 3.63) is 11.1 Å². The van der Waals surface area contributed by atoms with E-state index >= 15 is 0 Å². The van der Waals surface area contributed by atoms with Gasteiger partial charge >= 0.3 is 6.09 Å². The Morgan fingerprint density at radius 3 is 2.73 bits per heavy atom. The van der Waals surface area contributed by atoms with E-state index in [9.17, 15) is 4.79 Å². The van der Waals surface area contributed by atoms with Gasteiger partial charge in [0, 0.05) is 19.0 Å². The maximum atomic E-state index is 12.3. The molecular formula is C15H24N4O2S. The number of alkyl carbamates (subject to hydrolysis) is 1. The van der Waals surface area contributed by atoms with E-state index in [0.717, 1.165) is 43.3 Å². The van der Waals surface area contributed by atoms with E-state index in [1.54, 1.807) is 0 Å². The third-order valence-corrected chi connectivity index (χ3v) is 5.49. The molecule has 1 aromatic rings. The number of rotatable bonds is 4. The molecule has 122 valence electrons. The molecule has 0 spiro atoms. The highest BCUT2D eigenvalue weighted by Gasteiger charge is 2.37. The van der Waals surface area contributed by atoms with Crippen LogP contribution < -0.4 is 10.6 Å². The lowest BCUT2D eigenvalue weighted by atomic mass is 9.86. The summed E-state index contributed by atoms with van der Waals surface area (Å²) >= 11 is 1.53. The summed E-state index contributed by atoms with van der Waals surface area (Å²) in [5.74, 6) is 0.522. The molecule has 0 aliphatic carbocycles. The molecular weight excluding hydrogens is 300 g/mol. The average Bonchev–Trinajstić information content (AvgIpc) is 2.97. The monoisotopic (exact) mass is 324 g/mol. The molecule has 3 saturated heterocycles. The van der Waals surface area contributed by atoms with Crippen LogP contribution in [0.25, 0.3) is 0 Å². The van der Waals surface area contributed by atoms with E-state index in [-0.39, 0.29) is 12.2 Å². The van der Waals surface area contributed by atoms with Crippen molar-refractivity contribution in [3.8, 4) is 0 Å². The lowest BCUT2D eigenvalue weighted by Gasteiger charge is -2.44. The van der Waals surface area contributed by atoms with Crippen LogP contribution in [0.3, 0.4) is 0 Å². The first-order valence-corrected chi connectivity index (χ1v) is 8.71. The normalized spacial score (nSPS) is 27.5. The minimum absolute atomic E-state index is 0.0293. The number of fused-ring (bicyclic) bond motifs is 3. The fourth-order valence-corrected chi connectivity index (χ4v) is 4.05. The van der Waals surface area contributed by atoms with Gasteiger partial charge in [0.1, 0.15) is 6.10 Å². The summed E-state index contributed by atoms with van der Waals surface area (Å²) in [7, 11) is 1.84. The molecule has 1 atom stereocenters. The Labute approximate surface area is 135 Å². The molecule has 4 heterocycles. The van der Waals surface area contributed by atoms with Gasteiger partial charge in [-0.25, -0.2) is 9.78 Å².